The molecule has 1 aromatic carbocycles. The average Bonchev–Trinajstić information content (AvgIpc) is 2.58. The van der Waals surface area contributed by atoms with Crippen LogP contribution in [0.15, 0.2) is 18.2 Å². The van der Waals surface area contributed by atoms with Gasteiger partial charge in [-0.2, -0.15) is 0 Å². The number of ether oxygens (including phenoxy) is 1. The Balaban J connectivity index is 3.10. The highest BCUT2D eigenvalue weighted by Gasteiger charge is 2.24. The van der Waals surface area contributed by atoms with E-state index in [1.54, 1.807) is 4.90 Å². The van der Waals surface area contributed by atoms with Crippen LogP contribution < -0.4 is 0 Å². The molecule has 1 rings (SSSR count). The zero-order valence-corrected chi connectivity index (χ0v) is 18.2. The Kier molecular flexibility index (Phi) is 9.01. The van der Waals surface area contributed by atoms with Gasteiger partial charge in [0.15, 0.2) is 0 Å². The Morgan fingerprint density at radius 1 is 1.07 bits per heavy atom. The maximum Gasteiger partial charge on any atom is 0.325 e. The van der Waals surface area contributed by atoms with E-state index in [9.17, 15) is 9.59 Å². The van der Waals surface area contributed by atoms with Crippen LogP contribution in [-0.4, -0.2) is 36.0 Å². The number of hydrogen-bond acceptors (Lipinski definition) is 3. The predicted molar refractivity (Wildman–Crippen MR) is 111 cm³/mol. The molecule has 0 aliphatic rings. The molecule has 27 heavy (non-hydrogen) atoms. The quantitative estimate of drug-likeness (QED) is 0.444. The molecule has 0 atom stereocenters. The lowest BCUT2D eigenvalue weighted by Crippen LogP contribution is -2.41. The first-order valence-electron chi connectivity index (χ1n) is 10.2. The monoisotopic (exact) mass is 375 g/mol. The summed E-state index contributed by atoms with van der Waals surface area (Å²) in [7, 11) is 0. The van der Waals surface area contributed by atoms with E-state index in [2.05, 4.69) is 33.8 Å². The fourth-order valence-corrected chi connectivity index (χ4v) is 2.85. The molecular formula is C23H37NO3. The number of amides is 1. The molecule has 0 aliphatic heterocycles. The van der Waals surface area contributed by atoms with Crippen LogP contribution in [0.2, 0.25) is 0 Å². The highest BCUT2D eigenvalue weighted by Crippen LogP contribution is 2.26. The summed E-state index contributed by atoms with van der Waals surface area (Å²) < 4.78 is 5.26. The van der Waals surface area contributed by atoms with Gasteiger partial charge in [0.05, 0.1) is 6.61 Å². The largest absolute Gasteiger partial charge is 0.464 e. The van der Waals surface area contributed by atoms with E-state index in [0.717, 1.165) is 31.2 Å². The van der Waals surface area contributed by atoms with Crippen LogP contribution in [0.4, 0.5) is 0 Å². The normalized spacial score (nSPS) is 11.6. The Morgan fingerprint density at radius 3 is 2.26 bits per heavy atom. The van der Waals surface area contributed by atoms with Gasteiger partial charge < -0.3 is 9.64 Å². The van der Waals surface area contributed by atoms with Crippen molar-refractivity contribution in [2.75, 3.05) is 13.2 Å². The summed E-state index contributed by atoms with van der Waals surface area (Å²) in [6.07, 6.45) is 3.78. The third kappa shape index (κ3) is 7.36. The molecule has 0 bridgehead atoms. The van der Waals surface area contributed by atoms with Crippen molar-refractivity contribution in [3.05, 3.63) is 34.9 Å². The molecule has 0 saturated heterocycles. The van der Waals surface area contributed by atoms with Gasteiger partial charge in [-0.15, -0.1) is 0 Å². The SMILES string of the molecule is CCCCOC(=O)CN(C(=O)c1cc(CCC)cc(C(C)(C)C)c1)C(C)C. The van der Waals surface area contributed by atoms with Crippen molar-refractivity contribution in [1.82, 2.24) is 4.90 Å². The predicted octanol–water partition coefficient (Wildman–Crippen LogP) is 5.13. The maximum absolute atomic E-state index is 13.2. The number of esters is 1. The molecule has 4 nitrogen and oxygen atoms in total. The lowest BCUT2D eigenvalue weighted by molar-refractivity contribution is -0.144. The first kappa shape index (κ1) is 23.2. The smallest absolute Gasteiger partial charge is 0.325 e. The van der Waals surface area contributed by atoms with Gasteiger partial charge in [-0.3, -0.25) is 9.59 Å². The van der Waals surface area contributed by atoms with Crippen molar-refractivity contribution >= 4 is 11.9 Å². The fraction of sp³-hybridized carbons (Fsp3) is 0.652. The molecule has 0 radical (unpaired) electrons. The highest BCUT2D eigenvalue weighted by molar-refractivity contribution is 5.96. The van der Waals surface area contributed by atoms with Gasteiger partial charge in [-0.1, -0.05) is 53.5 Å². The third-order valence-electron chi connectivity index (χ3n) is 4.59. The summed E-state index contributed by atoms with van der Waals surface area (Å²) in [5, 5.41) is 0. The van der Waals surface area contributed by atoms with E-state index in [4.69, 9.17) is 4.74 Å². The van der Waals surface area contributed by atoms with Crippen LogP contribution in [0.1, 0.15) is 89.2 Å². The number of nitrogens with zero attached hydrogens (tertiary/aromatic N) is 1. The number of hydrogen-bond donors (Lipinski definition) is 0. The molecule has 152 valence electrons. The van der Waals surface area contributed by atoms with Crippen molar-refractivity contribution in [3.63, 3.8) is 0 Å². The van der Waals surface area contributed by atoms with E-state index in [1.807, 2.05) is 32.9 Å². The summed E-state index contributed by atoms with van der Waals surface area (Å²) in [4.78, 5) is 27.0. The Bertz CT molecular complexity index is 629. The molecule has 0 saturated carbocycles. The van der Waals surface area contributed by atoms with Gasteiger partial charge in [0, 0.05) is 11.6 Å². The Morgan fingerprint density at radius 2 is 1.74 bits per heavy atom. The van der Waals surface area contributed by atoms with Crippen molar-refractivity contribution < 1.29 is 14.3 Å². The first-order chi connectivity index (χ1) is 12.6. The Hall–Kier alpha value is -1.84. The van der Waals surface area contributed by atoms with Gasteiger partial charge in [0.25, 0.3) is 5.91 Å². The van der Waals surface area contributed by atoms with E-state index < -0.39 is 0 Å². The van der Waals surface area contributed by atoms with Gasteiger partial charge in [-0.25, -0.2) is 0 Å². The number of carbonyl (C=O) groups excluding carboxylic acids is 2. The Labute approximate surface area is 165 Å². The number of carbonyl (C=O) groups is 2. The van der Waals surface area contributed by atoms with Gasteiger partial charge in [0.1, 0.15) is 6.54 Å². The standard InChI is InChI=1S/C23H37NO3/c1-8-10-12-27-21(25)16-24(17(3)4)22(26)19-13-18(11-9-2)14-20(15-19)23(5,6)7/h13-15,17H,8-12,16H2,1-7H3. The first-order valence-corrected chi connectivity index (χ1v) is 10.2. The molecule has 0 N–H and O–H groups in total. The molecular weight excluding hydrogens is 338 g/mol. The molecule has 0 unspecified atom stereocenters. The van der Waals surface area contributed by atoms with Crippen LogP contribution in [0.3, 0.4) is 0 Å². The van der Waals surface area contributed by atoms with E-state index >= 15 is 0 Å². The molecule has 0 heterocycles. The second-order valence-electron chi connectivity index (χ2n) is 8.52. The summed E-state index contributed by atoms with van der Waals surface area (Å²) in [6, 6.07) is 6.06. The van der Waals surface area contributed by atoms with Crippen molar-refractivity contribution in [2.45, 2.75) is 85.6 Å². The van der Waals surface area contributed by atoms with Gasteiger partial charge in [-0.05, 0) is 55.4 Å². The summed E-state index contributed by atoms with van der Waals surface area (Å²) in [5.74, 6) is -0.452. The van der Waals surface area contributed by atoms with Gasteiger partial charge in [0.2, 0.25) is 0 Å². The average molecular weight is 376 g/mol. The summed E-state index contributed by atoms with van der Waals surface area (Å²) in [6.45, 7) is 14.9. The second kappa shape index (κ2) is 10.5. The lowest BCUT2D eigenvalue weighted by Gasteiger charge is -2.27. The van der Waals surface area contributed by atoms with Crippen molar-refractivity contribution in [2.24, 2.45) is 0 Å². The van der Waals surface area contributed by atoms with Crippen molar-refractivity contribution in [1.29, 1.82) is 0 Å². The van der Waals surface area contributed by atoms with Crippen LogP contribution >= 0.6 is 0 Å². The third-order valence-corrected chi connectivity index (χ3v) is 4.59. The number of unbranched alkanes of at least 4 members (excludes halogenated alkanes) is 1. The van der Waals surface area contributed by atoms with Crippen LogP contribution in [-0.2, 0) is 21.4 Å². The van der Waals surface area contributed by atoms with E-state index in [0.29, 0.717) is 12.2 Å². The highest BCUT2D eigenvalue weighted by atomic mass is 16.5. The molecule has 0 fully saturated rings. The van der Waals surface area contributed by atoms with Gasteiger partial charge >= 0.3 is 5.97 Å². The topological polar surface area (TPSA) is 46.6 Å². The van der Waals surface area contributed by atoms with E-state index in [1.165, 1.54) is 5.56 Å². The minimum Gasteiger partial charge on any atom is -0.464 e. The minimum atomic E-state index is -0.341. The molecule has 0 spiro atoms. The lowest BCUT2D eigenvalue weighted by atomic mass is 9.84. The molecule has 0 aliphatic carbocycles. The van der Waals surface area contributed by atoms with Crippen molar-refractivity contribution in [3.8, 4) is 0 Å². The van der Waals surface area contributed by atoms with E-state index in [-0.39, 0.29) is 29.9 Å². The number of rotatable bonds is 9. The minimum absolute atomic E-state index is 0.0108. The van der Waals surface area contributed by atoms with Crippen LogP contribution in [0.25, 0.3) is 0 Å². The zero-order valence-electron chi connectivity index (χ0n) is 18.2. The maximum atomic E-state index is 13.2. The second-order valence-corrected chi connectivity index (χ2v) is 8.52. The summed E-state index contributed by atoms with van der Waals surface area (Å²) >= 11 is 0. The molecule has 1 amide bonds. The van der Waals surface area contributed by atoms with Crippen LogP contribution in [0.5, 0.6) is 0 Å². The molecule has 0 aromatic heterocycles. The fourth-order valence-electron chi connectivity index (χ4n) is 2.85. The number of benzene rings is 1. The molecule has 4 heteroatoms. The number of aryl methyl sites for hydroxylation is 1. The summed E-state index contributed by atoms with van der Waals surface area (Å²) in [5.41, 5.74) is 2.93. The van der Waals surface area contributed by atoms with Crippen LogP contribution in [0, 0.1) is 0 Å². The zero-order chi connectivity index (χ0) is 20.6. The molecule has 1 aromatic rings.